The second-order valence-electron chi connectivity index (χ2n) is 7.29. The molecule has 2 aromatic carbocycles. The third-order valence-electron chi connectivity index (χ3n) is 5.81. The van der Waals surface area contributed by atoms with Crippen molar-refractivity contribution >= 4 is 5.91 Å². The summed E-state index contributed by atoms with van der Waals surface area (Å²) in [5.74, 6) is 2.63. The monoisotopic (exact) mass is 350 g/mol. The molecule has 0 radical (unpaired) electrons. The molecule has 2 heterocycles. The quantitative estimate of drug-likeness (QED) is 0.890. The van der Waals surface area contributed by atoms with Gasteiger partial charge >= 0.3 is 0 Å². The summed E-state index contributed by atoms with van der Waals surface area (Å²) >= 11 is 0. The molecule has 1 saturated heterocycles. The summed E-state index contributed by atoms with van der Waals surface area (Å²) in [6, 6.07) is 14.5. The highest BCUT2D eigenvalue weighted by atomic mass is 16.7. The minimum absolute atomic E-state index is 0.106. The van der Waals surface area contributed by atoms with Crippen LogP contribution in [0.2, 0.25) is 0 Å². The molecule has 2 N–H and O–H groups in total. The molecular weight excluding hydrogens is 328 g/mol. The van der Waals surface area contributed by atoms with Crippen LogP contribution in [0.4, 0.5) is 0 Å². The molecule has 0 saturated carbocycles. The van der Waals surface area contributed by atoms with Gasteiger partial charge < -0.3 is 20.1 Å². The fraction of sp³-hybridized carbons (Fsp3) is 0.381. The number of amides is 1. The Morgan fingerprint density at radius 3 is 2.85 bits per heavy atom. The summed E-state index contributed by atoms with van der Waals surface area (Å²) in [6.45, 7) is 2.24. The lowest BCUT2D eigenvalue weighted by molar-refractivity contribution is -0.122. The van der Waals surface area contributed by atoms with Gasteiger partial charge in [0.25, 0.3) is 0 Å². The molecule has 26 heavy (non-hydrogen) atoms. The van der Waals surface area contributed by atoms with Gasteiger partial charge in [-0.3, -0.25) is 4.79 Å². The Labute approximate surface area is 152 Å². The van der Waals surface area contributed by atoms with Crippen molar-refractivity contribution in [2.75, 3.05) is 19.9 Å². The van der Waals surface area contributed by atoms with E-state index in [-0.39, 0.29) is 18.7 Å². The van der Waals surface area contributed by atoms with Crippen LogP contribution in [0.15, 0.2) is 42.5 Å². The lowest BCUT2D eigenvalue weighted by atomic mass is 9.94. The fourth-order valence-electron chi connectivity index (χ4n) is 4.54. The van der Waals surface area contributed by atoms with Gasteiger partial charge in [0, 0.05) is 31.3 Å². The van der Waals surface area contributed by atoms with E-state index in [2.05, 4.69) is 34.9 Å². The number of benzene rings is 2. The highest BCUT2D eigenvalue weighted by molar-refractivity contribution is 5.77. The molecule has 3 atom stereocenters. The van der Waals surface area contributed by atoms with E-state index >= 15 is 0 Å². The van der Waals surface area contributed by atoms with Crippen molar-refractivity contribution in [3.05, 3.63) is 59.2 Å². The van der Waals surface area contributed by atoms with Crippen LogP contribution in [-0.2, 0) is 11.2 Å². The summed E-state index contributed by atoms with van der Waals surface area (Å²) in [5, 5.41) is 6.77. The molecule has 5 heteroatoms. The van der Waals surface area contributed by atoms with Crippen molar-refractivity contribution in [1.29, 1.82) is 0 Å². The third kappa shape index (κ3) is 2.63. The standard InChI is InChI=1S/C21H22N2O3/c24-20(8-6-13-5-7-18-19(9-13)26-12-25-18)23-21-15-4-2-1-3-14(15)16-10-22-11-17(16)21/h1-5,7,9,16-17,21-22H,6,8,10-12H2,(H,23,24)/t16-,17-,21-/m0/s1. The Hall–Kier alpha value is -2.53. The highest BCUT2D eigenvalue weighted by Crippen LogP contribution is 2.46. The van der Waals surface area contributed by atoms with Gasteiger partial charge in [-0.1, -0.05) is 30.3 Å². The van der Waals surface area contributed by atoms with Gasteiger partial charge in [-0.25, -0.2) is 0 Å². The van der Waals surface area contributed by atoms with Crippen LogP contribution in [-0.4, -0.2) is 25.8 Å². The number of carbonyl (C=O) groups excluding carboxylic acids is 1. The predicted octanol–water partition coefficient (Wildman–Crippen LogP) is 2.52. The first kappa shape index (κ1) is 15.7. The van der Waals surface area contributed by atoms with Crippen LogP contribution in [0.3, 0.4) is 0 Å². The zero-order chi connectivity index (χ0) is 17.5. The Kier molecular flexibility index (Phi) is 3.82. The molecule has 0 spiro atoms. The van der Waals surface area contributed by atoms with Gasteiger partial charge in [0.05, 0.1) is 6.04 Å². The van der Waals surface area contributed by atoms with Crippen LogP contribution in [0.1, 0.15) is 35.1 Å². The lowest BCUT2D eigenvalue weighted by Gasteiger charge is -2.20. The van der Waals surface area contributed by atoms with Crippen molar-refractivity contribution in [2.45, 2.75) is 24.8 Å². The molecule has 0 bridgehead atoms. The smallest absolute Gasteiger partial charge is 0.231 e. The summed E-state index contributed by atoms with van der Waals surface area (Å²) in [6.07, 6.45) is 1.17. The number of rotatable bonds is 4. The van der Waals surface area contributed by atoms with E-state index in [9.17, 15) is 4.79 Å². The molecule has 1 fully saturated rings. The maximum Gasteiger partial charge on any atom is 0.231 e. The minimum Gasteiger partial charge on any atom is -0.454 e. The SMILES string of the molecule is O=C(CCc1ccc2c(c1)OCO2)N[C@H]1c2ccccc2[C@@H]2CNC[C@@H]21. The first-order valence-electron chi connectivity index (χ1n) is 9.27. The van der Waals surface area contributed by atoms with E-state index < -0.39 is 0 Å². The first-order chi connectivity index (χ1) is 12.8. The van der Waals surface area contributed by atoms with Gasteiger partial charge in [0.2, 0.25) is 12.7 Å². The van der Waals surface area contributed by atoms with E-state index in [0.717, 1.165) is 30.2 Å². The number of hydrogen-bond donors (Lipinski definition) is 2. The highest BCUT2D eigenvalue weighted by Gasteiger charge is 2.43. The Morgan fingerprint density at radius 2 is 1.92 bits per heavy atom. The number of carbonyl (C=O) groups is 1. The van der Waals surface area contributed by atoms with E-state index in [1.807, 2.05) is 18.2 Å². The average Bonchev–Trinajstić information content (AvgIpc) is 3.37. The fourth-order valence-corrected chi connectivity index (χ4v) is 4.54. The number of aryl methyl sites for hydroxylation is 1. The molecule has 5 nitrogen and oxygen atoms in total. The van der Waals surface area contributed by atoms with E-state index in [1.54, 1.807) is 0 Å². The zero-order valence-electron chi connectivity index (χ0n) is 14.5. The summed E-state index contributed by atoms with van der Waals surface area (Å²) in [7, 11) is 0. The van der Waals surface area contributed by atoms with Crippen molar-refractivity contribution in [1.82, 2.24) is 10.6 Å². The number of ether oxygens (including phenoxy) is 2. The number of fused-ring (bicyclic) bond motifs is 4. The molecule has 0 unspecified atom stereocenters. The number of hydrogen-bond acceptors (Lipinski definition) is 4. The molecule has 5 rings (SSSR count). The molecule has 2 aromatic rings. The third-order valence-corrected chi connectivity index (χ3v) is 5.81. The van der Waals surface area contributed by atoms with Crippen molar-refractivity contribution < 1.29 is 14.3 Å². The molecule has 1 amide bonds. The Bertz CT molecular complexity index is 851. The molecule has 2 aliphatic heterocycles. The molecule has 1 aliphatic carbocycles. The molecular formula is C21H22N2O3. The van der Waals surface area contributed by atoms with Crippen molar-refractivity contribution in [3.63, 3.8) is 0 Å². The van der Waals surface area contributed by atoms with Crippen LogP contribution in [0.25, 0.3) is 0 Å². The maximum absolute atomic E-state index is 12.6. The molecule has 3 aliphatic rings. The first-order valence-corrected chi connectivity index (χ1v) is 9.27. The van der Waals surface area contributed by atoms with E-state index in [1.165, 1.54) is 11.1 Å². The second kappa shape index (κ2) is 6.32. The number of nitrogens with one attached hydrogen (secondary N) is 2. The summed E-state index contributed by atoms with van der Waals surface area (Å²) in [5.41, 5.74) is 3.78. The van der Waals surface area contributed by atoms with Crippen LogP contribution in [0, 0.1) is 5.92 Å². The zero-order valence-corrected chi connectivity index (χ0v) is 14.5. The Balaban J connectivity index is 1.26. The minimum atomic E-state index is 0.106. The average molecular weight is 350 g/mol. The topological polar surface area (TPSA) is 59.6 Å². The predicted molar refractivity (Wildman–Crippen MR) is 97.3 cm³/mol. The largest absolute Gasteiger partial charge is 0.454 e. The molecule has 134 valence electrons. The Morgan fingerprint density at radius 1 is 1.08 bits per heavy atom. The summed E-state index contributed by atoms with van der Waals surface area (Å²) < 4.78 is 10.7. The van der Waals surface area contributed by atoms with Crippen LogP contribution < -0.4 is 20.1 Å². The second-order valence-corrected chi connectivity index (χ2v) is 7.29. The summed E-state index contributed by atoms with van der Waals surface area (Å²) in [4.78, 5) is 12.6. The van der Waals surface area contributed by atoms with Gasteiger partial charge in [-0.15, -0.1) is 0 Å². The lowest BCUT2D eigenvalue weighted by Crippen LogP contribution is -2.33. The van der Waals surface area contributed by atoms with E-state index in [4.69, 9.17) is 9.47 Å². The molecule has 0 aromatic heterocycles. The van der Waals surface area contributed by atoms with E-state index in [0.29, 0.717) is 24.7 Å². The van der Waals surface area contributed by atoms with Crippen LogP contribution >= 0.6 is 0 Å². The normalized spacial score (nSPS) is 25.0. The van der Waals surface area contributed by atoms with Crippen molar-refractivity contribution in [3.8, 4) is 11.5 Å². The van der Waals surface area contributed by atoms with Crippen molar-refractivity contribution in [2.24, 2.45) is 5.92 Å². The van der Waals surface area contributed by atoms with Crippen LogP contribution in [0.5, 0.6) is 11.5 Å². The van der Waals surface area contributed by atoms with Gasteiger partial charge in [-0.05, 0) is 35.2 Å². The maximum atomic E-state index is 12.6. The van der Waals surface area contributed by atoms with Gasteiger partial charge in [-0.2, -0.15) is 0 Å². The van der Waals surface area contributed by atoms with Gasteiger partial charge in [0.15, 0.2) is 11.5 Å². The van der Waals surface area contributed by atoms with Gasteiger partial charge in [0.1, 0.15) is 0 Å².